The molecule has 0 fully saturated rings. The van der Waals surface area contributed by atoms with E-state index in [0.29, 0.717) is 0 Å². The number of rotatable bonds is 7. The maximum absolute atomic E-state index is 9.67. The first-order chi connectivity index (χ1) is 10.3. The molecule has 2 aromatic rings. The third-order valence-electron chi connectivity index (χ3n) is 3.71. The van der Waals surface area contributed by atoms with Gasteiger partial charge >= 0.3 is 0 Å². The Hall–Kier alpha value is -1.84. The highest BCUT2D eigenvalue weighted by Crippen LogP contribution is 2.24. The van der Waals surface area contributed by atoms with Crippen LogP contribution in [0.5, 0.6) is 5.75 Å². The van der Waals surface area contributed by atoms with E-state index < -0.39 is 0 Å². The van der Waals surface area contributed by atoms with Crippen molar-refractivity contribution in [3.05, 3.63) is 65.7 Å². The molecule has 3 nitrogen and oxygen atoms in total. The quantitative estimate of drug-likeness (QED) is 0.818. The Kier molecular flexibility index (Phi) is 5.78. The van der Waals surface area contributed by atoms with Gasteiger partial charge in [-0.3, -0.25) is 0 Å². The van der Waals surface area contributed by atoms with E-state index >= 15 is 0 Å². The second kappa shape index (κ2) is 7.81. The van der Waals surface area contributed by atoms with Crippen molar-refractivity contribution in [2.24, 2.45) is 0 Å². The first kappa shape index (κ1) is 15.5. The molecule has 2 atom stereocenters. The third-order valence-corrected chi connectivity index (χ3v) is 3.71. The van der Waals surface area contributed by atoms with Crippen LogP contribution in [0, 0.1) is 0 Å². The molecule has 0 spiro atoms. The standard InChI is InChI=1S/C18H23NO2/c1-3-17(15-9-11-16(21-2)12-10-15)19-18(13-20)14-7-5-4-6-8-14/h4-12,17-20H,3,13H2,1-2H3/t17?,18-/m1/s1. The largest absolute Gasteiger partial charge is 0.497 e. The van der Waals surface area contributed by atoms with Crippen LogP contribution in [0.25, 0.3) is 0 Å². The van der Waals surface area contributed by atoms with E-state index in [1.165, 1.54) is 5.56 Å². The van der Waals surface area contributed by atoms with Crippen LogP contribution in [0.2, 0.25) is 0 Å². The summed E-state index contributed by atoms with van der Waals surface area (Å²) in [7, 11) is 1.67. The van der Waals surface area contributed by atoms with E-state index in [1.807, 2.05) is 42.5 Å². The van der Waals surface area contributed by atoms with Gasteiger partial charge in [0, 0.05) is 6.04 Å². The Morgan fingerprint density at radius 2 is 1.57 bits per heavy atom. The highest BCUT2D eigenvalue weighted by Gasteiger charge is 2.16. The molecule has 0 aliphatic rings. The summed E-state index contributed by atoms with van der Waals surface area (Å²) in [5.74, 6) is 0.857. The van der Waals surface area contributed by atoms with Crippen LogP contribution >= 0.6 is 0 Å². The summed E-state index contributed by atoms with van der Waals surface area (Å²) in [5, 5.41) is 13.2. The molecule has 1 unspecified atom stereocenters. The van der Waals surface area contributed by atoms with Gasteiger partial charge in [0.25, 0.3) is 0 Å². The smallest absolute Gasteiger partial charge is 0.118 e. The van der Waals surface area contributed by atoms with Crippen LogP contribution in [0.4, 0.5) is 0 Å². The zero-order valence-corrected chi connectivity index (χ0v) is 12.6. The summed E-state index contributed by atoms with van der Waals surface area (Å²) >= 11 is 0. The number of ether oxygens (including phenoxy) is 1. The van der Waals surface area contributed by atoms with E-state index in [2.05, 4.69) is 24.4 Å². The predicted octanol–water partition coefficient (Wildman–Crippen LogP) is 3.47. The van der Waals surface area contributed by atoms with Crippen molar-refractivity contribution in [2.75, 3.05) is 13.7 Å². The number of aliphatic hydroxyl groups is 1. The molecule has 0 aromatic heterocycles. The van der Waals surface area contributed by atoms with E-state index in [1.54, 1.807) is 7.11 Å². The molecule has 2 rings (SSSR count). The molecule has 0 heterocycles. The number of benzene rings is 2. The molecule has 3 heteroatoms. The highest BCUT2D eigenvalue weighted by atomic mass is 16.5. The molecule has 0 aliphatic heterocycles. The summed E-state index contributed by atoms with van der Waals surface area (Å²) in [4.78, 5) is 0. The first-order valence-electron chi connectivity index (χ1n) is 7.34. The average Bonchev–Trinajstić information content (AvgIpc) is 2.57. The molecule has 0 aliphatic carbocycles. The fraction of sp³-hybridized carbons (Fsp3) is 0.333. The second-order valence-electron chi connectivity index (χ2n) is 5.05. The lowest BCUT2D eigenvalue weighted by Gasteiger charge is -2.24. The maximum Gasteiger partial charge on any atom is 0.118 e. The van der Waals surface area contributed by atoms with Crippen molar-refractivity contribution in [3.63, 3.8) is 0 Å². The molecule has 0 radical (unpaired) electrons. The zero-order valence-electron chi connectivity index (χ0n) is 12.6. The number of methoxy groups -OCH3 is 1. The number of nitrogens with one attached hydrogen (secondary N) is 1. The lowest BCUT2D eigenvalue weighted by molar-refractivity contribution is 0.232. The molecule has 0 saturated heterocycles. The van der Waals surface area contributed by atoms with Crippen LogP contribution in [0.1, 0.15) is 36.6 Å². The molecular weight excluding hydrogens is 262 g/mol. The van der Waals surface area contributed by atoms with Gasteiger partial charge in [-0.2, -0.15) is 0 Å². The molecule has 0 bridgehead atoms. The zero-order chi connectivity index (χ0) is 15.1. The van der Waals surface area contributed by atoms with Crippen molar-refractivity contribution in [2.45, 2.75) is 25.4 Å². The van der Waals surface area contributed by atoms with Crippen molar-refractivity contribution in [1.29, 1.82) is 0 Å². The van der Waals surface area contributed by atoms with Gasteiger partial charge < -0.3 is 15.2 Å². The second-order valence-corrected chi connectivity index (χ2v) is 5.05. The molecule has 0 saturated carbocycles. The Labute approximate surface area is 126 Å². The molecular formula is C18H23NO2. The number of hydrogen-bond acceptors (Lipinski definition) is 3. The summed E-state index contributed by atoms with van der Waals surface area (Å²) < 4.78 is 5.19. The maximum atomic E-state index is 9.67. The Morgan fingerprint density at radius 3 is 2.10 bits per heavy atom. The van der Waals surface area contributed by atoms with Gasteiger partial charge in [-0.1, -0.05) is 49.4 Å². The normalized spacial score (nSPS) is 13.7. The van der Waals surface area contributed by atoms with Gasteiger partial charge in [-0.25, -0.2) is 0 Å². The Morgan fingerprint density at radius 1 is 0.952 bits per heavy atom. The van der Waals surface area contributed by atoms with Crippen molar-refractivity contribution >= 4 is 0 Å². The Balaban J connectivity index is 2.13. The molecule has 2 N–H and O–H groups in total. The van der Waals surface area contributed by atoms with E-state index in [9.17, 15) is 5.11 Å². The summed E-state index contributed by atoms with van der Waals surface area (Å²) in [6.45, 7) is 2.22. The summed E-state index contributed by atoms with van der Waals surface area (Å²) in [6.07, 6.45) is 0.954. The lowest BCUT2D eigenvalue weighted by atomic mass is 10.0. The average molecular weight is 285 g/mol. The monoisotopic (exact) mass is 285 g/mol. The van der Waals surface area contributed by atoms with Crippen LogP contribution in [0.3, 0.4) is 0 Å². The van der Waals surface area contributed by atoms with Gasteiger partial charge in [0.05, 0.1) is 19.8 Å². The van der Waals surface area contributed by atoms with Crippen LogP contribution in [-0.4, -0.2) is 18.8 Å². The first-order valence-corrected chi connectivity index (χ1v) is 7.34. The van der Waals surface area contributed by atoms with Gasteiger partial charge in [0.15, 0.2) is 0 Å². The van der Waals surface area contributed by atoms with E-state index in [-0.39, 0.29) is 18.7 Å². The van der Waals surface area contributed by atoms with Gasteiger partial charge in [0.1, 0.15) is 5.75 Å². The van der Waals surface area contributed by atoms with Crippen LogP contribution < -0.4 is 10.1 Å². The van der Waals surface area contributed by atoms with E-state index in [4.69, 9.17) is 4.74 Å². The molecule has 112 valence electrons. The van der Waals surface area contributed by atoms with Gasteiger partial charge in [-0.05, 0) is 29.7 Å². The van der Waals surface area contributed by atoms with Gasteiger partial charge in [0.2, 0.25) is 0 Å². The lowest BCUT2D eigenvalue weighted by Crippen LogP contribution is -2.28. The van der Waals surface area contributed by atoms with Crippen molar-refractivity contribution < 1.29 is 9.84 Å². The summed E-state index contributed by atoms with van der Waals surface area (Å²) in [6, 6.07) is 18.3. The van der Waals surface area contributed by atoms with Crippen LogP contribution in [-0.2, 0) is 0 Å². The minimum atomic E-state index is -0.0572. The minimum Gasteiger partial charge on any atom is -0.497 e. The number of aliphatic hydroxyl groups excluding tert-OH is 1. The third kappa shape index (κ3) is 4.06. The fourth-order valence-electron chi connectivity index (χ4n) is 2.47. The van der Waals surface area contributed by atoms with Crippen LogP contribution in [0.15, 0.2) is 54.6 Å². The summed E-state index contributed by atoms with van der Waals surface area (Å²) in [5.41, 5.74) is 2.31. The number of hydrogen-bond donors (Lipinski definition) is 2. The molecule has 21 heavy (non-hydrogen) atoms. The fourth-order valence-corrected chi connectivity index (χ4v) is 2.47. The topological polar surface area (TPSA) is 41.5 Å². The predicted molar refractivity (Wildman–Crippen MR) is 85.4 cm³/mol. The molecule has 2 aromatic carbocycles. The molecule has 0 amide bonds. The van der Waals surface area contributed by atoms with Crippen molar-refractivity contribution in [1.82, 2.24) is 5.32 Å². The minimum absolute atomic E-state index is 0.0572. The van der Waals surface area contributed by atoms with Gasteiger partial charge in [-0.15, -0.1) is 0 Å². The SMILES string of the molecule is CCC(N[C@H](CO)c1ccccc1)c1ccc(OC)cc1. The van der Waals surface area contributed by atoms with E-state index in [0.717, 1.165) is 17.7 Å². The highest BCUT2D eigenvalue weighted by molar-refractivity contribution is 5.29. The van der Waals surface area contributed by atoms with Crippen molar-refractivity contribution in [3.8, 4) is 5.75 Å². The Bertz CT molecular complexity index is 525.